The van der Waals surface area contributed by atoms with Gasteiger partial charge in [0.05, 0.1) is 6.54 Å². The summed E-state index contributed by atoms with van der Waals surface area (Å²) in [5.74, 6) is -1.13. The van der Waals surface area contributed by atoms with Crippen LogP contribution >= 0.6 is 11.6 Å². The van der Waals surface area contributed by atoms with Gasteiger partial charge in [0.2, 0.25) is 11.8 Å². The molecule has 1 aliphatic rings. The Hall–Kier alpha value is -3.79. The number of hydrogen-bond acceptors (Lipinski definition) is 5. The number of benzene rings is 2. The minimum Gasteiger partial charge on any atom is -0.465 e. The lowest BCUT2D eigenvalue weighted by atomic mass is 9.93. The molecule has 0 fully saturated rings. The minimum absolute atomic E-state index is 0.0308. The maximum atomic E-state index is 13.3. The van der Waals surface area contributed by atoms with Crippen molar-refractivity contribution in [1.29, 1.82) is 0 Å². The van der Waals surface area contributed by atoms with Crippen molar-refractivity contribution in [3.05, 3.63) is 64.2 Å². The summed E-state index contributed by atoms with van der Waals surface area (Å²) in [6.07, 6.45) is -1.67. The van der Waals surface area contributed by atoms with Crippen LogP contribution in [0.15, 0.2) is 42.5 Å². The molecule has 0 aromatic heterocycles. The highest BCUT2D eigenvalue weighted by atomic mass is 35.5. The van der Waals surface area contributed by atoms with Crippen LogP contribution in [0, 0.1) is 6.92 Å². The zero-order valence-corrected chi connectivity index (χ0v) is 22.6. The summed E-state index contributed by atoms with van der Waals surface area (Å²) >= 11 is 6.08. The molecule has 2 unspecified atom stereocenters. The first kappa shape index (κ1) is 28.8. The van der Waals surface area contributed by atoms with Gasteiger partial charge in [-0.15, -0.1) is 0 Å². The Morgan fingerprint density at radius 2 is 1.82 bits per heavy atom. The molecule has 0 aliphatic carbocycles. The molecular weight excluding hydrogens is 512 g/mol. The smallest absolute Gasteiger partial charge is 0.408 e. The number of halogens is 1. The number of fused-ring (bicyclic) bond motifs is 1. The third kappa shape index (κ3) is 7.85. The van der Waals surface area contributed by atoms with Crippen molar-refractivity contribution >= 4 is 41.3 Å². The molecule has 10 nitrogen and oxygen atoms in total. The SMILES string of the molecule is Cc1cc(NC(=O)C(CCNC(=O)OC(C)(C)C)NC(=O)C2Cc3ccccc3CN2C(=O)O)ccc1Cl. The number of ether oxygens (including phenoxy) is 1. The summed E-state index contributed by atoms with van der Waals surface area (Å²) in [5.41, 5.74) is 2.24. The van der Waals surface area contributed by atoms with Crippen LogP contribution in [0.2, 0.25) is 5.02 Å². The fourth-order valence-electron chi connectivity index (χ4n) is 4.08. The van der Waals surface area contributed by atoms with E-state index in [1.165, 1.54) is 0 Å². The topological polar surface area (TPSA) is 137 Å². The number of amides is 4. The lowest BCUT2D eigenvalue weighted by Gasteiger charge is -2.34. The van der Waals surface area contributed by atoms with Crippen molar-refractivity contribution < 1.29 is 29.0 Å². The summed E-state index contributed by atoms with van der Waals surface area (Å²) in [5, 5.41) is 18.3. The number of hydrogen-bond donors (Lipinski definition) is 4. The predicted molar refractivity (Wildman–Crippen MR) is 143 cm³/mol. The molecule has 2 atom stereocenters. The van der Waals surface area contributed by atoms with Crippen LogP contribution in [0.1, 0.15) is 43.9 Å². The molecule has 4 N–H and O–H groups in total. The summed E-state index contributed by atoms with van der Waals surface area (Å²) < 4.78 is 5.23. The van der Waals surface area contributed by atoms with Crippen LogP contribution in [-0.4, -0.2) is 58.2 Å². The average Bonchev–Trinajstić information content (AvgIpc) is 2.83. The highest BCUT2D eigenvalue weighted by molar-refractivity contribution is 6.31. The van der Waals surface area contributed by atoms with Gasteiger partial charge in [0, 0.05) is 23.7 Å². The normalized spacial score (nSPS) is 15.6. The van der Waals surface area contributed by atoms with E-state index in [1.807, 2.05) is 24.3 Å². The molecule has 3 rings (SSSR count). The Kier molecular flexibility index (Phi) is 9.22. The lowest BCUT2D eigenvalue weighted by molar-refractivity contribution is -0.130. The van der Waals surface area contributed by atoms with Gasteiger partial charge < -0.3 is 25.8 Å². The summed E-state index contributed by atoms with van der Waals surface area (Å²) in [6, 6.07) is 10.2. The van der Waals surface area contributed by atoms with E-state index in [4.69, 9.17) is 16.3 Å². The number of aryl methyl sites for hydroxylation is 1. The first-order chi connectivity index (χ1) is 17.8. The molecule has 2 aromatic rings. The quantitative estimate of drug-likeness (QED) is 0.414. The molecule has 204 valence electrons. The molecule has 0 saturated heterocycles. The van der Waals surface area contributed by atoms with Gasteiger partial charge in [-0.25, -0.2) is 9.59 Å². The van der Waals surface area contributed by atoms with E-state index in [0.717, 1.165) is 21.6 Å². The fourth-order valence-corrected chi connectivity index (χ4v) is 4.20. The molecule has 0 bridgehead atoms. The fraction of sp³-hybridized carbons (Fsp3) is 0.407. The number of alkyl carbamates (subject to hydrolysis) is 1. The molecule has 0 radical (unpaired) electrons. The first-order valence-electron chi connectivity index (χ1n) is 12.2. The van der Waals surface area contributed by atoms with E-state index in [0.29, 0.717) is 10.7 Å². The zero-order valence-electron chi connectivity index (χ0n) is 21.8. The molecular formula is C27H33ClN4O6. The first-order valence-corrected chi connectivity index (χ1v) is 12.6. The third-order valence-corrected chi connectivity index (χ3v) is 6.38. The largest absolute Gasteiger partial charge is 0.465 e. The Morgan fingerprint density at radius 3 is 2.45 bits per heavy atom. The van der Waals surface area contributed by atoms with Gasteiger partial charge in [-0.1, -0.05) is 35.9 Å². The van der Waals surface area contributed by atoms with Crippen molar-refractivity contribution in [3.8, 4) is 0 Å². The second kappa shape index (κ2) is 12.2. The molecule has 0 spiro atoms. The van der Waals surface area contributed by atoms with Gasteiger partial charge in [0.25, 0.3) is 0 Å². The number of carbonyl (C=O) groups excluding carboxylic acids is 3. The molecule has 0 saturated carbocycles. The molecule has 4 amide bonds. The van der Waals surface area contributed by atoms with Gasteiger partial charge in [-0.3, -0.25) is 14.5 Å². The number of carboxylic acid groups (broad SMARTS) is 1. The van der Waals surface area contributed by atoms with Crippen molar-refractivity contribution in [2.75, 3.05) is 11.9 Å². The number of nitrogens with zero attached hydrogens (tertiary/aromatic N) is 1. The van der Waals surface area contributed by atoms with Crippen molar-refractivity contribution in [3.63, 3.8) is 0 Å². The summed E-state index contributed by atoms with van der Waals surface area (Å²) in [6.45, 7) is 7.08. The van der Waals surface area contributed by atoms with Crippen LogP contribution in [0.3, 0.4) is 0 Å². The Bertz CT molecular complexity index is 1210. The van der Waals surface area contributed by atoms with Gasteiger partial charge >= 0.3 is 12.2 Å². The van der Waals surface area contributed by atoms with Crippen molar-refractivity contribution in [2.45, 2.75) is 64.8 Å². The third-order valence-electron chi connectivity index (χ3n) is 5.96. The van der Waals surface area contributed by atoms with Crippen molar-refractivity contribution in [2.24, 2.45) is 0 Å². The second-order valence-corrected chi connectivity index (χ2v) is 10.5. The van der Waals surface area contributed by atoms with Crippen LogP contribution in [0.25, 0.3) is 0 Å². The highest BCUT2D eigenvalue weighted by Gasteiger charge is 2.36. The molecule has 1 heterocycles. The lowest BCUT2D eigenvalue weighted by Crippen LogP contribution is -2.56. The summed E-state index contributed by atoms with van der Waals surface area (Å²) in [4.78, 5) is 51.6. The van der Waals surface area contributed by atoms with Crippen LogP contribution in [-0.2, 0) is 27.3 Å². The van der Waals surface area contributed by atoms with Gasteiger partial charge in [-0.2, -0.15) is 0 Å². The van der Waals surface area contributed by atoms with Crippen LogP contribution in [0.5, 0.6) is 0 Å². The predicted octanol–water partition coefficient (Wildman–Crippen LogP) is 4.09. The number of nitrogens with one attached hydrogen (secondary N) is 3. The maximum absolute atomic E-state index is 13.3. The Labute approximate surface area is 226 Å². The van der Waals surface area contributed by atoms with Crippen LogP contribution in [0.4, 0.5) is 15.3 Å². The monoisotopic (exact) mass is 544 g/mol. The number of carbonyl (C=O) groups is 4. The molecule has 11 heteroatoms. The van der Waals surface area contributed by atoms with E-state index >= 15 is 0 Å². The van der Waals surface area contributed by atoms with E-state index < -0.39 is 41.7 Å². The van der Waals surface area contributed by atoms with E-state index in [9.17, 15) is 24.3 Å². The number of rotatable bonds is 7. The molecule has 1 aliphatic heterocycles. The van der Waals surface area contributed by atoms with Crippen LogP contribution < -0.4 is 16.0 Å². The molecule has 2 aromatic carbocycles. The van der Waals surface area contributed by atoms with Gasteiger partial charge in [0.1, 0.15) is 17.7 Å². The standard InChI is InChI=1S/C27H33ClN4O6/c1-16-13-19(9-10-20(16)28)30-23(33)21(11-12-29-25(35)38-27(2,3)4)31-24(34)22-14-17-7-5-6-8-18(17)15-32(22)26(36)37/h5-10,13,21-22H,11-12,14-15H2,1-4H3,(H,29,35)(H,30,33)(H,31,34)(H,36,37). The van der Waals surface area contributed by atoms with Gasteiger partial charge in [-0.05, 0) is 69.0 Å². The maximum Gasteiger partial charge on any atom is 0.408 e. The van der Waals surface area contributed by atoms with Crippen molar-refractivity contribution in [1.82, 2.24) is 15.5 Å². The number of anilines is 1. The molecule has 38 heavy (non-hydrogen) atoms. The van der Waals surface area contributed by atoms with E-state index in [2.05, 4.69) is 16.0 Å². The Morgan fingerprint density at radius 1 is 1.13 bits per heavy atom. The minimum atomic E-state index is -1.23. The van der Waals surface area contributed by atoms with E-state index in [1.54, 1.807) is 45.9 Å². The zero-order chi connectivity index (χ0) is 28.0. The summed E-state index contributed by atoms with van der Waals surface area (Å²) in [7, 11) is 0. The average molecular weight is 545 g/mol. The second-order valence-electron chi connectivity index (χ2n) is 10.1. The highest BCUT2D eigenvalue weighted by Crippen LogP contribution is 2.24. The van der Waals surface area contributed by atoms with Gasteiger partial charge in [0.15, 0.2) is 0 Å². The Balaban J connectivity index is 1.76. The van der Waals surface area contributed by atoms with E-state index in [-0.39, 0.29) is 25.9 Å².